The quantitative estimate of drug-likeness (QED) is 0.807. The highest BCUT2D eigenvalue weighted by Crippen LogP contribution is 2.17. The molecule has 6 nitrogen and oxygen atoms in total. The first-order valence-electron chi connectivity index (χ1n) is 8.00. The summed E-state index contributed by atoms with van der Waals surface area (Å²) < 4.78 is 0. The normalized spacial score (nSPS) is 11.8. The number of unbranched alkanes of at least 4 members (excludes halogenated alkanes) is 1. The molecule has 0 saturated carbocycles. The summed E-state index contributed by atoms with van der Waals surface area (Å²) in [5.41, 5.74) is 1.53. The molecule has 0 aliphatic heterocycles. The molecule has 2 N–H and O–H groups in total. The van der Waals surface area contributed by atoms with Crippen LogP contribution in [0.25, 0.3) is 0 Å². The smallest absolute Gasteiger partial charge is 0.251 e. The van der Waals surface area contributed by atoms with Gasteiger partial charge < -0.3 is 5.32 Å². The van der Waals surface area contributed by atoms with Gasteiger partial charge in [0.05, 0.1) is 0 Å². The lowest BCUT2D eigenvalue weighted by Gasteiger charge is -2.13. The molecule has 2 rings (SSSR count). The number of carbonyl (C=O) groups is 2. The molecule has 1 unspecified atom stereocenters. The number of nitrogens with one attached hydrogen (secondary N) is 2. The number of hydrogen-bond donors (Lipinski definition) is 2. The van der Waals surface area contributed by atoms with Gasteiger partial charge in [0.15, 0.2) is 0 Å². The van der Waals surface area contributed by atoms with Crippen LogP contribution in [0.15, 0.2) is 24.3 Å². The fraction of sp³-hybridized carbons (Fsp3) is 0.412. The van der Waals surface area contributed by atoms with Crippen molar-refractivity contribution < 1.29 is 9.59 Å². The van der Waals surface area contributed by atoms with Crippen molar-refractivity contribution >= 4 is 28.3 Å². The predicted molar refractivity (Wildman–Crippen MR) is 95.3 cm³/mol. The monoisotopic (exact) mass is 346 g/mol. The highest BCUT2D eigenvalue weighted by atomic mass is 32.1. The number of aryl methyl sites for hydroxylation is 2. The Morgan fingerprint density at radius 1 is 1.29 bits per heavy atom. The second-order valence-electron chi connectivity index (χ2n) is 5.66. The lowest BCUT2D eigenvalue weighted by molar-refractivity contribution is -0.117. The highest BCUT2D eigenvalue weighted by Gasteiger charge is 2.18. The van der Waals surface area contributed by atoms with Crippen LogP contribution in [0.5, 0.6) is 0 Å². The minimum atomic E-state index is -0.666. The van der Waals surface area contributed by atoms with Crippen molar-refractivity contribution in [3.63, 3.8) is 0 Å². The van der Waals surface area contributed by atoms with Gasteiger partial charge in [-0.2, -0.15) is 0 Å². The van der Waals surface area contributed by atoms with Gasteiger partial charge in [-0.3, -0.25) is 14.9 Å². The first kappa shape index (κ1) is 18.1. The molecule has 128 valence electrons. The molecule has 2 amide bonds. The van der Waals surface area contributed by atoms with Crippen molar-refractivity contribution in [1.29, 1.82) is 0 Å². The molecule has 1 heterocycles. The molecule has 0 spiro atoms. The summed E-state index contributed by atoms with van der Waals surface area (Å²) in [7, 11) is 0. The minimum Gasteiger partial charge on any atom is -0.341 e. The minimum absolute atomic E-state index is 0.276. The zero-order chi connectivity index (χ0) is 17.5. The molecule has 0 saturated heterocycles. The molecule has 0 radical (unpaired) electrons. The number of aromatic nitrogens is 2. The van der Waals surface area contributed by atoms with E-state index in [0.29, 0.717) is 10.7 Å². The molecule has 0 aliphatic carbocycles. The Hall–Kier alpha value is -2.28. The maximum absolute atomic E-state index is 12.2. The Morgan fingerprint density at radius 2 is 2.08 bits per heavy atom. The van der Waals surface area contributed by atoms with E-state index in [1.54, 1.807) is 19.1 Å². The van der Waals surface area contributed by atoms with Crippen molar-refractivity contribution in [3.8, 4) is 0 Å². The number of carbonyl (C=O) groups excluding carboxylic acids is 2. The van der Waals surface area contributed by atoms with E-state index in [4.69, 9.17) is 0 Å². The van der Waals surface area contributed by atoms with Gasteiger partial charge in [-0.05, 0) is 32.4 Å². The van der Waals surface area contributed by atoms with Crippen LogP contribution in [0.2, 0.25) is 0 Å². The van der Waals surface area contributed by atoms with Gasteiger partial charge >= 0.3 is 0 Å². The number of rotatable bonds is 7. The van der Waals surface area contributed by atoms with E-state index in [-0.39, 0.29) is 11.8 Å². The highest BCUT2D eigenvalue weighted by molar-refractivity contribution is 7.15. The van der Waals surface area contributed by atoms with Crippen LogP contribution in [-0.4, -0.2) is 28.1 Å². The zero-order valence-electron chi connectivity index (χ0n) is 14.1. The van der Waals surface area contributed by atoms with Crippen LogP contribution in [0, 0.1) is 6.92 Å². The number of hydrogen-bond acceptors (Lipinski definition) is 5. The van der Waals surface area contributed by atoms with E-state index in [1.165, 1.54) is 11.3 Å². The Labute approximate surface area is 145 Å². The fourth-order valence-corrected chi connectivity index (χ4v) is 2.86. The second kappa shape index (κ2) is 8.54. The third-order valence-electron chi connectivity index (χ3n) is 3.46. The van der Waals surface area contributed by atoms with E-state index in [9.17, 15) is 9.59 Å². The van der Waals surface area contributed by atoms with E-state index in [1.807, 2.05) is 19.1 Å². The van der Waals surface area contributed by atoms with Gasteiger partial charge in [-0.15, -0.1) is 10.2 Å². The summed E-state index contributed by atoms with van der Waals surface area (Å²) in [5.74, 6) is -0.587. The molecule has 1 atom stereocenters. The average molecular weight is 346 g/mol. The molecule has 7 heteroatoms. The molecular weight excluding hydrogens is 324 g/mol. The van der Waals surface area contributed by atoms with Crippen LogP contribution < -0.4 is 10.6 Å². The Bertz CT molecular complexity index is 714. The summed E-state index contributed by atoms with van der Waals surface area (Å²) in [4.78, 5) is 24.4. The number of amides is 2. The Kier molecular flexibility index (Phi) is 6.43. The van der Waals surface area contributed by atoms with Gasteiger partial charge in [0, 0.05) is 12.0 Å². The third kappa shape index (κ3) is 5.13. The van der Waals surface area contributed by atoms with E-state index >= 15 is 0 Å². The molecule has 1 aromatic carbocycles. The standard InChI is InChI=1S/C17H22N4O2S/c1-4-5-9-14-20-21-17(24-14)19-15(22)12(3)18-16(23)13-8-6-7-11(2)10-13/h6-8,10,12H,4-5,9H2,1-3H3,(H,18,23)(H,19,21,22). The molecule has 1 aromatic heterocycles. The van der Waals surface area contributed by atoms with Crippen LogP contribution in [0.1, 0.15) is 47.6 Å². The third-order valence-corrected chi connectivity index (χ3v) is 4.36. The summed E-state index contributed by atoms with van der Waals surface area (Å²) >= 11 is 1.37. The topological polar surface area (TPSA) is 84.0 Å². The van der Waals surface area contributed by atoms with Crippen molar-refractivity contribution in [2.45, 2.75) is 46.1 Å². The maximum atomic E-state index is 12.2. The van der Waals surface area contributed by atoms with Crippen LogP contribution in [-0.2, 0) is 11.2 Å². The van der Waals surface area contributed by atoms with E-state index in [2.05, 4.69) is 27.8 Å². The van der Waals surface area contributed by atoms with Crippen LogP contribution in [0.4, 0.5) is 5.13 Å². The molecule has 0 aliphatic rings. The van der Waals surface area contributed by atoms with Gasteiger partial charge in [0.2, 0.25) is 11.0 Å². The first-order valence-corrected chi connectivity index (χ1v) is 8.82. The van der Waals surface area contributed by atoms with Crippen LogP contribution in [0.3, 0.4) is 0 Å². The lowest BCUT2D eigenvalue weighted by Crippen LogP contribution is -2.41. The van der Waals surface area contributed by atoms with Gasteiger partial charge in [-0.25, -0.2) is 0 Å². The summed E-state index contributed by atoms with van der Waals surface area (Å²) in [5, 5.41) is 14.8. The predicted octanol–water partition coefficient (Wildman–Crippen LogP) is 2.95. The Morgan fingerprint density at radius 3 is 2.79 bits per heavy atom. The first-order chi connectivity index (χ1) is 11.5. The van der Waals surface area contributed by atoms with E-state index < -0.39 is 6.04 Å². The van der Waals surface area contributed by atoms with Crippen molar-refractivity contribution in [3.05, 3.63) is 40.4 Å². The van der Waals surface area contributed by atoms with Crippen LogP contribution >= 0.6 is 11.3 Å². The maximum Gasteiger partial charge on any atom is 0.251 e. The second-order valence-corrected chi connectivity index (χ2v) is 6.72. The summed E-state index contributed by atoms with van der Waals surface area (Å²) in [6.07, 6.45) is 3.00. The summed E-state index contributed by atoms with van der Waals surface area (Å²) in [6.45, 7) is 5.67. The number of benzene rings is 1. The van der Waals surface area contributed by atoms with E-state index in [0.717, 1.165) is 29.8 Å². The zero-order valence-corrected chi connectivity index (χ0v) is 14.9. The number of nitrogens with zero attached hydrogens (tertiary/aromatic N) is 2. The molecule has 0 fully saturated rings. The Balaban J connectivity index is 1.90. The SMILES string of the molecule is CCCCc1nnc(NC(=O)C(C)NC(=O)c2cccc(C)c2)s1. The molecular formula is C17H22N4O2S. The van der Waals surface area contributed by atoms with Crippen molar-refractivity contribution in [2.24, 2.45) is 0 Å². The molecule has 0 bridgehead atoms. The average Bonchev–Trinajstić information content (AvgIpc) is 3.00. The lowest BCUT2D eigenvalue weighted by atomic mass is 10.1. The number of anilines is 1. The molecule has 2 aromatic rings. The fourth-order valence-electron chi connectivity index (χ4n) is 2.08. The molecule has 24 heavy (non-hydrogen) atoms. The van der Waals surface area contributed by atoms with Gasteiger partial charge in [0.25, 0.3) is 5.91 Å². The largest absolute Gasteiger partial charge is 0.341 e. The van der Waals surface area contributed by atoms with Gasteiger partial charge in [-0.1, -0.05) is 42.4 Å². The van der Waals surface area contributed by atoms with Crippen molar-refractivity contribution in [2.75, 3.05) is 5.32 Å². The summed E-state index contributed by atoms with van der Waals surface area (Å²) in [6, 6.07) is 6.57. The van der Waals surface area contributed by atoms with Gasteiger partial charge in [0.1, 0.15) is 11.0 Å². The van der Waals surface area contributed by atoms with Crippen molar-refractivity contribution in [1.82, 2.24) is 15.5 Å².